The van der Waals surface area contributed by atoms with Crippen molar-refractivity contribution in [2.24, 2.45) is 17.8 Å². The Kier molecular flexibility index (Phi) is 4.90. The van der Waals surface area contributed by atoms with Crippen molar-refractivity contribution >= 4 is 11.8 Å². The van der Waals surface area contributed by atoms with Gasteiger partial charge in [-0.2, -0.15) is 0 Å². The molecule has 5 nitrogen and oxygen atoms in total. The number of nitrogens with zero attached hydrogens (tertiary/aromatic N) is 4. The average molecular weight is 389 g/mol. The van der Waals surface area contributed by atoms with Gasteiger partial charge in [0.25, 0.3) is 0 Å². The molecule has 0 unspecified atom stereocenters. The van der Waals surface area contributed by atoms with Crippen LogP contribution >= 0.6 is 11.8 Å². The first-order valence-electron chi connectivity index (χ1n) is 10.2. The standard InChI is InChI=1S/C21H32N4OS/c1-12-13(2)25(14(3)17-10-15-7-8-16(17)9-15)20(22-12)27-11-18-23-24-19(26-18)21(4,5)6/h14-17H,7-11H2,1-6H3/t14-,15-,16-,17-/m0/s1. The van der Waals surface area contributed by atoms with Crippen LogP contribution < -0.4 is 0 Å². The summed E-state index contributed by atoms with van der Waals surface area (Å²) in [6.07, 6.45) is 5.71. The predicted octanol–water partition coefficient (Wildman–Crippen LogP) is 5.47. The molecule has 2 aliphatic rings. The van der Waals surface area contributed by atoms with Crippen LogP contribution in [0.1, 0.15) is 82.6 Å². The molecule has 4 rings (SSSR count). The quantitative estimate of drug-likeness (QED) is 0.636. The highest BCUT2D eigenvalue weighted by Gasteiger charge is 2.43. The van der Waals surface area contributed by atoms with Gasteiger partial charge in [0.2, 0.25) is 11.8 Å². The lowest BCUT2D eigenvalue weighted by molar-refractivity contribution is 0.232. The number of hydrogen-bond acceptors (Lipinski definition) is 5. The van der Waals surface area contributed by atoms with E-state index in [0.29, 0.717) is 23.6 Å². The van der Waals surface area contributed by atoms with E-state index in [4.69, 9.17) is 9.40 Å². The zero-order valence-corrected chi connectivity index (χ0v) is 18.3. The molecule has 2 aromatic heterocycles. The number of aromatic nitrogens is 4. The van der Waals surface area contributed by atoms with Crippen LogP contribution in [0.25, 0.3) is 0 Å². The molecule has 0 radical (unpaired) electrons. The Bertz CT molecular complexity index is 819. The van der Waals surface area contributed by atoms with Crippen LogP contribution in [0.5, 0.6) is 0 Å². The Hall–Kier alpha value is -1.30. The predicted molar refractivity (Wildman–Crippen MR) is 108 cm³/mol. The van der Waals surface area contributed by atoms with Crippen molar-refractivity contribution in [1.29, 1.82) is 0 Å². The number of aryl methyl sites for hydroxylation is 1. The molecule has 0 aliphatic heterocycles. The molecule has 2 heterocycles. The lowest BCUT2D eigenvalue weighted by Crippen LogP contribution is -2.23. The van der Waals surface area contributed by atoms with Gasteiger partial charge in [0.1, 0.15) is 0 Å². The summed E-state index contributed by atoms with van der Waals surface area (Å²) in [6.45, 7) is 13.0. The summed E-state index contributed by atoms with van der Waals surface area (Å²) in [4.78, 5) is 4.87. The Morgan fingerprint density at radius 2 is 1.96 bits per heavy atom. The van der Waals surface area contributed by atoms with Crippen LogP contribution in [-0.4, -0.2) is 19.7 Å². The highest BCUT2D eigenvalue weighted by molar-refractivity contribution is 7.98. The molecule has 148 valence electrons. The third-order valence-corrected chi connectivity index (χ3v) is 7.54. The van der Waals surface area contributed by atoms with Crippen molar-refractivity contribution in [3.63, 3.8) is 0 Å². The Balaban J connectivity index is 1.51. The highest BCUT2D eigenvalue weighted by Crippen LogP contribution is 2.52. The fourth-order valence-corrected chi connectivity index (χ4v) is 6.01. The SMILES string of the molecule is Cc1nc(SCc2nnc(C(C)(C)C)o2)n([C@@H](C)[C@@H]2C[C@H]3CC[C@H]2C3)c1C. The summed E-state index contributed by atoms with van der Waals surface area (Å²) in [5, 5.41) is 9.54. The molecule has 0 N–H and O–H groups in total. The van der Waals surface area contributed by atoms with Crippen LogP contribution in [0, 0.1) is 31.6 Å². The van der Waals surface area contributed by atoms with Gasteiger partial charge in [-0.1, -0.05) is 39.0 Å². The molecule has 2 fully saturated rings. The van der Waals surface area contributed by atoms with Gasteiger partial charge in [-0.05, 0) is 57.8 Å². The molecule has 4 atom stereocenters. The molecule has 2 saturated carbocycles. The molecule has 0 aromatic carbocycles. The first-order valence-corrected chi connectivity index (χ1v) is 11.2. The van der Waals surface area contributed by atoms with E-state index in [9.17, 15) is 0 Å². The lowest BCUT2D eigenvalue weighted by atomic mass is 9.84. The van der Waals surface area contributed by atoms with E-state index in [1.165, 1.54) is 31.4 Å². The third-order valence-electron chi connectivity index (χ3n) is 6.61. The largest absolute Gasteiger partial charge is 0.424 e. The van der Waals surface area contributed by atoms with Crippen molar-refractivity contribution in [2.75, 3.05) is 0 Å². The fraction of sp³-hybridized carbons (Fsp3) is 0.762. The van der Waals surface area contributed by atoms with Gasteiger partial charge < -0.3 is 8.98 Å². The summed E-state index contributed by atoms with van der Waals surface area (Å²) in [5.41, 5.74) is 2.32. The molecular formula is C21H32N4OS. The normalized spacial score (nSPS) is 26.1. The van der Waals surface area contributed by atoms with Crippen molar-refractivity contribution in [3.05, 3.63) is 23.2 Å². The van der Waals surface area contributed by atoms with Gasteiger partial charge >= 0.3 is 0 Å². The fourth-order valence-electron chi connectivity index (χ4n) is 5.00. The van der Waals surface area contributed by atoms with Gasteiger partial charge in [-0.25, -0.2) is 4.98 Å². The van der Waals surface area contributed by atoms with E-state index in [1.807, 2.05) is 0 Å². The minimum atomic E-state index is -0.113. The van der Waals surface area contributed by atoms with E-state index in [-0.39, 0.29) is 5.41 Å². The summed E-state index contributed by atoms with van der Waals surface area (Å²) in [5.74, 6) is 4.73. The second-order valence-corrected chi connectivity index (χ2v) is 10.5. The van der Waals surface area contributed by atoms with Crippen molar-refractivity contribution in [2.45, 2.75) is 89.6 Å². The van der Waals surface area contributed by atoms with Gasteiger partial charge in [0.05, 0.1) is 11.4 Å². The van der Waals surface area contributed by atoms with Crippen molar-refractivity contribution in [3.8, 4) is 0 Å². The maximum absolute atomic E-state index is 5.87. The number of thioether (sulfide) groups is 1. The summed E-state index contributed by atoms with van der Waals surface area (Å²) >= 11 is 1.72. The third kappa shape index (κ3) is 3.57. The van der Waals surface area contributed by atoms with Gasteiger partial charge in [0.15, 0.2) is 5.16 Å². The monoisotopic (exact) mass is 388 g/mol. The second kappa shape index (κ2) is 6.94. The molecule has 0 spiro atoms. The molecule has 2 aliphatic carbocycles. The van der Waals surface area contributed by atoms with E-state index >= 15 is 0 Å². The van der Waals surface area contributed by atoms with Crippen molar-refractivity contribution < 1.29 is 4.42 Å². The lowest BCUT2D eigenvalue weighted by Gasteiger charge is -2.30. The second-order valence-electron chi connectivity index (χ2n) is 9.55. The smallest absolute Gasteiger partial charge is 0.226 e. The topological polar surface area (TPSA) is 56.7 Å². The van der Waals surface area contributed by atoms with E-state index < -0.39 is 0 Å². The first-order chi connectivity index (χ1) is 12.7. The number of rotatable bonds is 5. The average Bonchev–Trinajstić information content (AvgIpc) is 3.36. The first kappa shape index (κ1) is 19.0. The highest BCUT2D eigenvalue weighted by atomic mass is 32.2. The van der Waals surface area contributed by atoms with E-state index in [0.717, 1.165) is 28.6 Å². The van der Waals surface area contributed by atoms with Crippen LogP contribution in [0.2, 0.25) is 0 Å². The van der Waals surface area contributed by atoms with Gasteiger partial charge in [-0.3, -0.25) is 0 Å². The molecule has 27 heavy (non-hydrogen) atoms. The number of fused-ring (bicyclic) bond motifs is 2. The minimum absolute atomic E-state index is 0.113. The maximum atomic E-state index is 5.87. The molecule has 0 amide bonds. The van der Waals surface area contributed by atoms with Gasteiger partial charge in [0, 0.05) is 17.2 Å². The van der Waals surface area contributed by atoms with Crippen LogP contribution in [0.4, 0.5) is 0 Å². The molecule has 0 saturated heterocycles. The molecule has 2 aromatic rings. The van der Waals surface area contributed by atoms with Crippen molar-refractivity contribution in [1.82, 2.24) is 19.7 Å². The summed E-state index contributed by atoms with van der Waals surface area (Å²) in [6, 6.07) is 0.511. The van der Waals surface area contributed by atoms with Crippen LogP contribution in [0.15, 0.2) is 9.57 Å². The van der Waals surface area contributed by atoms with Crippen LogP contribution in [-0.2, 0) is 11.2 Å². The summed E-state index contributed by atoms with van der Waals surface area (Å²) < 4.78 is 8.35. The number of hydrogen-bond donors (Lipinski definition) is 0. The maximum Gasteiger partial charge on any atom is 0.226 e. The van der Waals surface area contributed by atoms with Gasteiger partial charge in [-0.15, -0.1) is 10.2 Å². The summed E-state index contributed by atoms with van der Waals surface area (Å²) in [7, 11) is 0. The van der Waals surface area contributed by atoms with E-state index in [2.05, 4.69) is 56.3 Å². The molecule has 2 bridgehead atoms. The zero-order chi connectivity index (χ0) is 19.3. The van der Waals surface area contributed by atoms with E-state index in [1.54, 1.807) is 11.8 Å². The number of imidazole rings is 1. The Morgan fingerprint density at radius 3 is 2.56 bits per heavy atom. The minimum Gasteiger partial charge on any atom is -0.424 e. The molecular weight excluding hydrogens is 356 g/mol. The Labute approximate surface area is 166 Å². The molecule has 6 heteroatoms. The van der Waals surface area contributed by atoms with Crippen LogP contribution in [0.3, 0.4) is 0 Å². The Morgan fingerprint density at radius 1 is 1.19 bits per heavy atom. The zero-order valence-electron chi connectivity index (χ0n) is 17.5.